The standard InChI is InChI=1S/C20H33N3O3S.HI/c1-6-21-19(23-11-12-27(24,25)20(4,5)15-23)22-13-17-7-9-18(10-8-17)26-14-16(2)3;/h7-10,16H,6,11-15H2,1-5H3,(H,21,22);1H. The van der Waals surface area contributed by atoms with Crippen LogP contribution in [0.4, 0.5) is 0 Å². The van der Waals surface area contributed by atoms with Crippen LogP contribution in [0, 0.1) is 5.92 Å². The molecule has 160 valence electrons. The number of nitrogens with one attached hydrogen (secondary N) is 1. The zero-order valence-corrected chi connectivity index (χ0v) is 20.7. The van der Waals surface area contributed by atoms with Gasteiger partial charge in [-0.2, -0.15) is 0 Å². The lowest BCUT2D eigenvalue weighted by Crippen LogP contribution is -2.57. The average molecular weight is 523 g/mol. The van der Waals surface area contributed by atoms with Gasteiger partial charge in [0.2, 0.25) is 0 Å². The maximum absolute atomic E-state index is 12.2. The van der Waals surface area contributed by atoms with Crippen molar-refractivity contribution in [3.63, 3.8) is 0 Å². The predicted molar refractivity (Wildman–Crippen MR) is 126 cm³/mol. The van der Waals surface area contributed by atoms with Crippen molar-refractivity contribution in [1.82, 2.24) is 10.2 Å². The number of sulfone groups is 1. The molecule has 1 N–H and O–H groups in total. The number of hydrogen-bond acceptors (Lipinski definition) is 4. The molecule has 0 bridgehead atoms. The van der Waals surface area contributed by atoms with Crippen LogP contribution in [0.1, 0.15) is 40.2 Å². The Kier molecular flexibility index (Phi) is 9.52. The molecule has 0 unspecified atom stereocenters. The molecule has 1 fully saturated rings. The van der Waals surface area contributed by atoms with Crippen molar-refractivity contribution >= 4 is 39.8 Å². The van der Waals surface area contributed by atoms with Gasteiger partial charge in [0.15, 0.2) is 15.8 Å². The topological polar surface area (TPSA) is 71.0 Å². The van der Waals surface area contributed by atoms with Gasteiger partial charge < -0.3 is 15.0 Å². The van der Waals surface area contributed by atoms with Gasteiger partial charge in [0.05, 0.1) is 23.7 Å². The SMILES string of the molecule is CCNC(=NCc1ccc(OCC(C)C)cc1)N1CCS(=O)(=O)C(C)(C)C1.I. The van der Waals surface area contributed by atoms with E-state index in [1.54, 1.807) is 13.8 Å². The highest BCUT2D eigenvalue weighted by atomic mass is 127. The number of hydrogen-bond donors (Lipinski definition) is 1. The second-order valence-electron chi connectivity index (χ2n) is 8.02. The number of benzene rings is 1. The molecule has 1 heterocycles. The van der Waals surface area contributed by atoms with Gasteiger partial charge in [-0.3, -0.25) is 0 Å². The molecule has 0 saturated carbocycles. The maximum Gasteiger partial charge on any atom is 0.194 e. The van der Waals surface area contributed by atoms with Gasteiger partial charge in [-0.1, -0.05) is 26.0 Å². The molecule has 1 aromatic rings. The van der Waals surface area contributed by atoms with Crippen LogP contribution in [-0.4, -0.2) is 56.0 Å². The summed E-state index contributed by atoms with van der Waals surface area (Å²) in [4.78, 5) is 6.77. The summed E-state index contributed by atoms with van der Waals surface area (Å²) in [6.07, 6.45) is 0. The van der Waals surface area contributed by atoms with Crippen LogP contribution in [-0.2, 0) is 16.4 Å². The molecule has 1 aliphatic rings. The molecule has 0 aromatic heterocycles. The minimum atomic E-state index is -3.06. The highest BCUT2D eigenvalue weighted by Crippen LogP contribution is 2.24. The van der Waals surface area contributed by atoms with Gasteiger partial charge in [-0.15, -0.1) is 24.0 Å². The highest BCUT2D eigenvalue weighted by molar-refractivity contribution is 14.0. The minimum Gasteiger partial charge on any atom is -0.493 e. The fraction of sp³-hybridized carbons (Fsp3) is 0.650. The Balaban J connectivity index is 0.00000392. The number of aliphatic imine (C=N–C) groups is 1. The lowest BCUT2D eigenvalue weighted by molar-refractivity contribution is 0.271. The molecule has 0 amide bonds. The second-order valence-corrected chi connectivity index (χ2v) is 10.8. The summed E-state index contributed by atoms with van der Waals surface area (Å²) in [6, 6.07) is 7.98. The number of nitrogens with zero attached hydrogens (tertiary/aromatic N) is 2. The van der Waals surface area contributed by atoms with Crippen molar-refractivity contribution in [3.05, 3.63) is 29.8 Å². The van der Waals surface area contributed by atoms with E-state index in [1.807, 2.05) is 36.1 Å². The lowest BCUT2D eigenvalue weighted by Gasteiger charge is -2.39. The molecule has 6 nitrogen and oxygen atoms in total. The van der Waals surface area contributed by atoms with Crippen molar-refractivity contribution in [3.8, 4) is 5.75 Å². The molecule has 1 aromatic carbocycles. The fourth-order valence-corrected chi connectivity index (χ4v) is 4.24. The third-order valence-corrected chi connectivity index (χ3v) is 7.13. The average Bonchev–Trinajstić information content (AvgIpc) is 2.60. The van der Waals surface area contributed by atoms with E-state index in [0.29, 0.717) is 32.2 Å². The summed E-state index contributed by atoms with van der Waals surface area (Å²) in [5.74, 6) is 2.29. The second kappa shape index (κ2) is 10.7. The van der Waals surface area contributed by atoms with Crippen LogP contribution in [0.3, 0.4) is 0 Å². The molecule has 0 aliphatic carbocycles. The Morgan fingerprint density at radius 1 is 1.29 bits per heavy atom. The van der Waals surface area contributed by atoms with Crippen molar-refractivity contribution in [2.75, 3.05) is 32.0 Å². The third-order valence-electron chi connectivity index (χ3n) is 4.60. The molecular formula is C20H34IN3O3S. The van der Waals surface area contributed by atoms with E-state index in [4.69, 9.17) is 9.73 Å². The fourth-order valence-electron chi connectivity index (χ4n) is 2.87. The number of ether oxygens (including phenoxy) is 1. The molecular weight excluding hydrogens is 489 g/mol. The Labute approximate surface area is 187 Å². The quantitative estimate of drug-likeness (QED) is 0.352. The monoisotopic (exact) mass is 523 g/mol. The first kappa shape index (κ1) is 25.0. The molecule has 1 saturated heterocycles. The van der Waals surface area contributed by atoms with E-state index >= 15 is 0 Å². The smallest absolute Gasteiger partial charge is 0.194 e. The number of halogens is 1. The van der Waals surface area contributed by atoms with E-state index < -0.39 is 14.6 Å². The molecule has 0 radical (unpaired) electrons. The van der Waals surface area contributed by atoms with Gasteiger partial charge >= 0.3 is 0 Å². The molecule has 1 aliphatic heterocycles. The van der Waals surface area contributed by atoms with Crippen LogP contribution < -0.4 is 10.1 Å². The van der Waals surface area contributed by atoms with Crippen molar-refractivity contribution in [2.24, 2.45) is 10.9 Å². The van der Waals surface area contributed by atoms with Gasteiger partial charge in [-0.05, 0) is 44.4 Å². The van der Waals surface area contributed by atoms with Gasteiger partial charge in [0.25, 0.3) is 0 Å². The lowest BCUT2D eigenvalue weighted by atomic mass is 10.2. The van der Waals surface area contributed by atoms with Crippen LogP contribution in [0.5, 0.6) is 5.75 Å². The van der Waals surface area contributed by atoms with Crippen LogP contribution in [0.15, 0.2) is 29.3 Å². The summed E-state index contributed by atoms with van der Waals surface area (Å²) in [6.45, 7) is 12.7. The van der Waals surface area contributed by atoms with Crippen LogP contribution in [0.25, 0.3) is 0 Å². The van der Waals surface area contributed by atoms with Crippen LogP contribution >= 0.6 is 24.0 Å². The third kappa shape index (κ3) is 6.79. The first-order valence-corrected chi connectivity index (χ1v) is 11.3. The van der Waals surface area contributed by atoms with Crippen LogP contribution in [0.2, 0.25) is 0 Å². The van der Waals surface area contributed by atoms with E-state index in [0.717, 1.165) is 23.8 Å². The predicted octanol–water partition coefficient (Wildman–Crippen LogP) is 3.31. The largest absolute Gasteiger partial charge is 0.493 e. The van der Waals surface area contributed by atoms with Gasteiger partial charge in [0.1, 0.15) is 5.75 Å². The Bertz CT molecular complexity index is 746. The first-order chi connectivity index (χ1) is 12.6. The van der Waals surface area contributed by atoms with E-state index in [2.05, 4.69) is 19.2 Å². The maximum atomic E-state index is 12.2. The summed E-state index contributed by atoms with van der Waals surface area (Å²) in [5, 5.41) is 3.29. The van der Waals surface area contributed by atoms with Crippen molar-refractivity contribution in [1.29, 1.82) is 0 Å². The zero-order chi connectivity index (χ0) is 20.1. The van der Waals surface area contributed by atoms with Crippen molar-refractivity contribution < 1.29 is 13.2 Å². The summed E-state index contributed by atoms with van der Waals surface area (Å²) in [7, 11) is -3.06. The molecule has 8 heteroatoms. The van der Waals surface area contributed by atoms with E-state index in [-0.39, 0.29) is 29.7 Å². The molecule has 0 atom stereocenters. The van der Waals surface area contributed by atoms with Gasteiger partial charge in [0, 0.05) is 19.6 Å². The van der Waals surface area contributed by atoms with E-state index in [1.165, 1.54) is 0 Å². The zero-order valence-electron chi connectivity index (χ0n) is 17.6. The van der Waals surface area contributed by atoms with Crippen molar-refractivity contribution in [2.45, 2.75) is 45.9 Å². The number of guanidine groups is 1. The Hall–Kier alpha value is -1.03. The first-order valence-electron chi connectivity index (χ1n) is 9.62. The van der Waals surface area contributed by atoms with E-state index in [9.17, 15) is 8.42 Å². The molecule has 28 heavy (non-hydrogen) atoms. The normalized spacial score (nSPS) is 18.5. The minimum absolute atomic E-state index is 0. The summed E-state index contributed by atoms with van der Waals surface area (Å²) >= 11 is 0. The Morgan fingerprint density at radius 3 is 2.46 bits per heavy atom. The molecule has 2 rings (SSSR count). The molecule has 0 spiro atoms. The van der Waals surface area contributed by atoms with Gasteiger partial charge in [-0.25, -0.2) is 13.4 Å². The Morgan fingerprint density at radius 2 is 1.93 bits per heavy atom. The summed E-state index contributed by atoms with van der Waals surface area (Å²) < 4.78 is 29.4. The highest BCUT2D eigenvalue weighted by Gasteiger charge is 2.40. The summed E-state index contributed by atoms with van der Waals surface area (Å²) in [5.41, 5.74) is 1.09. The number of rotatable bonds is 6.